The van der Waals surface area contributed by atoms with Crippen LogP contribution >= 0.6 is 0 Å². The zero-order chi connectivity index (χ0) is 25.8. The lowest BCUT2D eigenvalue weighted by molar-refractivity contribution is -0.140. The van der Waals surface area contributed by atoms with Gasteiger partial charge in [-0.15, -0.1) is 0 Å². The molecule has 0 bridgehead atoms. The first-order valence-corrected chi connectivity index (χ1v) is 12.4. The number of fused-ring (bicyclic) bond motifs is 1. The number of benzene rings is 2. The smallest absolute Gasteiger partial charge is 0.295 e. The molecule has 0 spiro atoms. The molecule has 2 aromatic rings. The maximum atomic E-state index is 13.4. The standard InChI is InChI=1S/C28H34N2O6/c1-5-29(6-2)13-14-30-25(19-9-12-22(34-3)23(17-19)35-4)24(27(32)28(30)33)26(31)20-10-11-21-18(16-20)8-7-15-36-21/h9-12,16-17,25,31H,5-8,13-15H2,1-4H3/b26-24+. The molecule has 36 heavy (non-hydrogen) atoms. The number of aliphatic hydroxyl groups is 1. The summed E-state index contributed by atoms with van der Waals surface area (Å²) in [6.45, 7) is 7.40. The van der Waals surface area contributed by atoms with Crippen LogP contribution in [0, 0.1) is 0 Å². The molecule has 4 rings (SSSR count). The molecule has 2 aliphatic heterocycles. The van der Waals surface area contributed by atoms with Gasteiger partial charge in [-0.2, -0.15) is 0 Å². The second-order valence-corrected chi connectivity index (χ2v) is 8.91. The summed E-state index contributed by atoms with van der Waals surface area (Å²) >= 11 is 0. The van der Waals surface area contributed by atoms with Gasteiger partial charge in [0.25, 0.3) is 11.7 Å². The van der Waals surface area contributed by atoms with E-state index in [4.69, 9.17) is 14.2 Å². The topological polar surface area (TPSA) is 88.5 Å². The quantitative estimate of drug-likeness (QED) is 0.322. The molecule has 0 radical (unpaired) electrons. The molecule has 2 aromatic carbocycles. The van der Waals surface area contributed by atoms with Crippen molar-refractivity contribution in [1.82, 2.24) is 9.80 Å². The number of nitrogens with zero attached hydrogens (tertiary/aromatic N) is 2. The molecule has 2 heterocycles. The van der Waals surface area contributed by atoms with Crippen LogP contribution in [0.4, 0.5) is 0 Å². The molecule has 1 N–H and O–H groups in total. The van der Waals surface area contributed by atoms with Crippen LogP contribution in [0.5, 0.6) is 17.2 Å². The molecule has 0 aliphatic carbocycles. The number of carbonyl (C=O) groups is 2. The summed E-state index contributed by atoms with van der Waals surface area (Å²) < 4.78 is 16.6. The summed E-state index contributed by atoms with van der Waals surface area (Å²) in [7, 11) is 3.08. The van der Waals surface area contributed by atoms with Gasteiger partial charge >= 0.3 is 0 Å². The Morgan fingerprint density at radius 3 is 2.53 bits per heavy atom. The van der Waals surface area contributed by atoms with Gasteiger partial charge in [0.05, 0.1) is 32.4 Å². The summed E-state index contributed by atoms with van der Waals surface area (Å²) in [5.74, 6) is 0.303. The summed E-state index contributed by atoms with van der Waals surface area (Å²) in [6.07, 6.45) is 1.71. The van der Waals surface area contributed by atoms with Crippen molar-refractivity contribution < 1.29 is 28.9 Å². The van der Waals surface area contributed by atoms with Gasteiger partial charge in [0, 0.05) is 18.7 Å². The number of carbonyl (C=O) groups excluding carboxylic acids is 2. The molecule has 1 saturated heterocycles. The molecule has 1 unspecified atom stereocenters. The van der Waals surface area contributed by atoms with E-state index in [1.54, 1.807) is 36.3 Å². The van der Waals surface area contributed by atoms with E-state index in [-0.39, 0.29) is 11.3 Å². The van der Waals surface area contributed by atoms with Crippen LogP contribution < -0.4 is 14.2 Å². The molecule has 192 valence electrons. The largest absolute Gasteiger partial charge is 0.507 e. The third-order valence-corrected chi connectivity index (χ3v) is 7.00. The number of hydrogen-bond donors (Lipinski definition) is 1. The maximum absolute atomic E-state index is 13.4. The molecular formula is C28H34N2O6. The summed E-state index contributed by atoms with van der Waals surface area (Å²) in [5, 5.41) is 11.4. The highest BCUT2D eigenvalue weighted by Gasteiger charge is 2.46. The highest BCUT2D eigenvalue weighted by Crippen LogP contribution is 2.42. The molecular weight excluding hydrogens is 460 g/mol. The predicted octanol–water partition coefficient (Wildman–Crippen LogP) is 3.79. The van der Waals surface area contributed by atoms with E-state index in [9.17, 15) is 14.7 Å². The van der Waals surface area contributed by atoms with Gasteiger partial charge < -0.3 is 29.1 Å². The molecule has 2 aliphatic rings. The van der Waals surface area contributed by atoms with Crippen LogP contribution in [0.1, 0.15) is 43.0 Å². The van der Waals surface area contributed by atoms with Gasteiger partial charge in [-0.3, -0.25) is 9.59 Å². The van der Waals surface area contributed by atoms with E-state index >= 15 is 0 Å². The summed E-state index contributed by atoms with van der Waals surface area (Å²) in [4.78, 5) is 30.4. The van der Waals surface area contributed by atoms with E-state index in [0.717, 1.165) is 37.2 Å². The van der Waals surface area contributed by atoms with Crippen molar-refractivity contribution in [2.75, 3.05) is 47.0 Å². The molecule has 1 fully saturated rings. The van der Waals surface area contributed by atoms with Crippen LogP contribution in [-0.4, -0.2) is 73.6 Å². The lowest BCUT2D eigenvalue weighted by atomic mass is 9.93. The molecule has 0 saturated carbocycles. The fourth-order valence-electron chi connectivity index (χ4n) is 4.93. The number of hydrogen-bond acceptors (Lipinski definition) is 7. The normalized spacial score (nSPS) is 18.8. The fourth-order valence-corrected chi connectivity index (χ4v) is 4.93. The number of rotatable bonds is 9. The van der Waals surface area contributed by atoms with E-state index in [2.05, 4.69) is 18.7 Å². The van der Waals surface area contributed by atoms with E-state index in [0.29, 0.717) is 42.3 Å². The molecule has 0 aromatic heterocycles. The second-order valence-electron chi connectivity index (χ2n) is 8.91. The number of ether oxygens (including phenoxy) is 3. The minimum atomic E-state index is -0.757. The number of aryl methyl sites for hydroxylation is 1. The zero-order valence-electron chi connectivity index (χ0n) is 21.4. The minimum absolute atomic E-state index is 0.0726. The van der Waals surface area contributed by atoms with Gasteiger partial charge in [0.2, 0.25) is 0 Å². The van der Waals surface area contributed by atoms with Crippen molar-refractivity contribution in [2.24, 2.45) is 0 Å². The SMILES string of the molecule is CCN(CC)CCN1C(=O)C(=O)/C(=C(/O)c2ccc3c(c2)CCCO3)C1c1ccc(OC)c(OC)c1. The van der Waals surface area contributed by atoms with Crippen LogP contribution in [0.3, 0.4) is 0 Å². The monoisotopic (exact) mass is 494 g/mol. The summed E-state index contributed by atoms with van der Waals surface area (Å²) in [6, 6.07) is 9.94. The third kappa shape index (κ3) is 4.78. The lowest BCUT2D eigenvalue weighted by Crippen LogP contribution is -2.38. The molecule has 8 nitrogen and oxygen atoms in total. The number of ketones is 1. The van der Waals surface area contributed by atoms with Crippen molar-refractivity contribution in [2.45, 2.75) is 32.7 Å². The number of amides is 1. The maximum Gasteiger partial charge on any atom is 0.295 e. The van der Waals surface area contributed by atoms with Gasteiger partial charge in [0.1, 0.15) is 11.5 Å². The van der Waals surface area contributed by atoms with E-state index in [1.165, 1.54) is 7.11 Å². The molecule has 8 heteroatoms. The molecule has 1 amide bonds. The Labute approximate surface area is 212 Å². The Morgan fingerprint density at radius 1 is 1.08 bits per heavy atom. The Hall–Kier alpha value is -3.52. The van der Waals surface area contributed by atoms with Gasteiger partial charge in [-0.05, 0) is 67.4 Å². The first kappa shape index (κ1) is 25.6. The zero-order valence-corrected chi connectivity index (χ0v) is 21.4. The van der Waals surface area contributed by atoms with Crippen molar-refractivity contribution in [3.63, 3.8) is 0 Å². The van der Waals surface area contributed by atoms with Crippen molar-refractivity contribution in [3.05, 3.63) is 58.7 Å². The number of Topliss-reactive ketones (excluding diaryl/α,β-unsaturated/α-hetero) is 1. The highest BCUT2D eigenvalue weighted by molar-refractivity contribution is 6.46. The highest BCUT2D eigenvalue weighted by atomic mass is 16.5. The first-order chi connectivity index (χ1) is 17.4. The van der Waals surface area contributed by atoms with E-state index in [1.807, 2.05) is 12.1 Å². The number of aliphatic hydroxyl groups excluding tert-OH is 1. The Bertz CT molecular complexity index is 1170. The second kappa shape index (κ2) is 11.0. The Kier molecular flexibility index (Phi) is 7.84. The average molecular weight is 495 g/mol. The first-order valence-electron chi connectivity index (χ1n) is 12.4. The van der Waals surface area contributed by atoms with Gasteiger partial charge in [-0.1, -0.05) is 19.9 Å². The van der Waals surface area contributed by atoms with Crippen LogP contribution in [-0.2, 0) is 16.0 Å². The Morgan fingerprint density at radius 2 is 1.83 bits per heavy atom. The minimum Gasteiger partial charge on any atom is -0.507 e. The number of likely N-dealkylation sites (tertiary alicyclic amines) is 1. The van der Waals surface area contributed by atoms with Crippen molar-refractivity contribution in [1.29, 1.82) is 0 Å². The lowest BCUT2D eigenvalue weighted by Gasteiger charge is -2.28. The van der Waals surface area contributed by atoms with Crippen LogP contribution in [0.2, 0.25) is 0 Å². The van der Waals surface area contributed by atoms with Crippen LogP contribution in [0.25, 0.3) is 5.76 Å². The average Bonchev–Trinajstić information content (AvgIpc) is 3.17. The number of methoxy groups -OCH3 is 2. The fraction of sp³-hybridized carbons (Fsp3) is 0.429. The number of likely N-dealkylation sites (N-methyl/N-ethyl adjacent to an activating group) is 1. The molecule has 1 atom stereocenters. The summed E-state index contributed by atoms with van der Waals surface area (Å²) in [5.41, 5.74) is 2.20. The van der Waals surface area contributed by atoms with Gasteiger partial charge in [-0.25, -0.2) is 0 Å². The third-order valence-electron chi connectivity index (χ3n) is 7.00. The van der Waals surface area contributed by atoms with Gasteiger partial charge in [0.15, 0.2) is 11.5 Å². The van der Waals surface area contributed by atoms with E-state index < -0.39 is 17.7 Å². The van der Waals surface area contributed by atoms with Crippen molar-refractivity contribution >= 4 is 17.4 Å². The van der Waals surface area contributed by atoms with Crippen molar-refractivity contribution in [3.8, 4) is 17.2 Å². The Balaban J connectivity index is 1.82. The predicted molar refractivity (Wildman–Crippen MR) is 137 cm³/mol. The van der Waals surface area contributed by atoms with Crippen LogP contribution in [0.15, 0.2) is 42.0 Å².